The predicted molar refractivity (Wildman–Crippen MR) is 97.7 cm³/mol. The van der Waals surface area contributed by atoms with Crippen molar-refractivity contribution in [3.8, 4) is 0 Å². The minimum atomic E-state index is -3.69. The molecule has 0 bridgehead atoms. The number of benzene rings is 3. The molecule has 0 radical (unpaired) electrons. The van der Waals surface area contributed by atoms with Gasteiger partial charge in [-0.2, -0.15) is 0 Å². The van der Waals surface area contributed by atoms with Gasteiger partial charge in [-0.25, -0.2) is 8.42 Å². The molecule has 0 heterocycles. The van der Waals surface area contributed by atoms with E-state index in [0.29, 0.717) is 10.7 Å². The number of rotatable bonds is 5. The smallest absolute Gasteiger partial charge is 0.262 e. The van der Waals surface area contributed by atoms with Gasteiger partial charge in [0.1, 0.15) is 0 Å². The number of para-hydroxylation sites is 1. The minimum absolute atomic E-state index is 0.168. The van der Waals surface area contributed by atoms with Crippen LogP contribution in [0.25, 0.3) is 0 Å². The minimum Gasteiger partial charge on any atom is -0.262 e. The molecule has 0 atom stereocenters. The third-order valence-corrected chi connectivity index (χ3v) is 5.80. The predicted octanol–water partition coefficient (Wildman–Crippen LogP) is 4.74. The normalized spacial score (nSPS) is 11.2. The second-order valence-corrected chi connectivity index (χ2v) is 7.52. The van der Waals surface area contributed by atoms with Crippen molar-refractivity contribution >= 4 is 27.3 Å². The summed E-state index contributed by atoms with van der Waals surface area (Å²) in [5.74, 6) is 0. The molecule has 0 unspecified atom stereocenters. The highest BCUT2D eigenvalue weighted by molar-refractivity contribution is 7.92. The Labute approximate surface area is 147 Å². The summed E-state index contributed by atoms with van der Waals surface area (Å²) in [4.78, 5) is 0.251. The largest absolute Gasteiger partial charge is 0.264 e. The average molecular weight is 358 g/mol. The Bertz CT molecular complexity index is 912. The average Bonchev–Trinajstić information content (AvgIpc) is 2.62. The van der Waals surface area contributed by atoms with Crippen molar-refractivity contribution in [3.05, 3.63) is 95.5 Å². The topological polar surface area (TPSA) is 37.4 Å². The molecule has 0 aromatic heterocycles. The number of nitrogens with zero attached hydrogens (tertiary/aromatic N) is 1. The molecule has 3 aromatic carbocycles. The molecule has 0 fully saturated rings. The maximum atomic E-state index is 13.1. The third kappa shape index (κ3) is 3.45. The van der Waals surface area contributed by atoms with Crippen molar-refractivity contribution in [1.82, 2.24) is 0 Å². The van der Waals surface area contributed by atoms with Crippen molar-refractivity contribution < 1.29 is 8.42 Å². The van der Waals surface area contributed by atoms with Gasteiger partial charge in [-0.1, -0.05) is 66.2 Å². The SMILES string of the molecule is O=S(=O)(c1ccccc1)N(Cc1ccccc1Cl)c1ccccc1. The Hall–Kier alpha value is -2.30. The van der Waals surface area contributed by atoms with E-state index >= 15 is 0 Å². The lowest BCUT2D eigenvalue weighted by Crippen LogP contribution is -2.30. The molecule has 0 saturated heterocycles. The lowest BCUT2D eigenvalue weighted by molar-refractivity contribution is 0.590. The summed E-state index contributed by atoms with van der Waals surface area (Å²) in [6.07, 6.45) is 0. The van der Waals surface area contributed by atoms with Crippen LogP contribution in [0, 0.1) is 0 Å². The van der Waals surface area contributed by atoms with E-state index in [1.807, 2.05) is 36.4 Å². The van der Waals surface area contributed by atoms with Gasteiger partial charge in [0, 0.05) is 5.02 Å². The van der Waals surface area contributed by atoms with E-state index in [1.165, 1.54) is 4.31 Å². The van der Waals surface area contributed by atoms with Gasteiger partial charge < -0.3 is 0 Å². The van der Waals surface area contributed by atoms with Gasteiger partial charge in [0.25, 0.3) is 10.0 Å². The Kier molecular flexibility index (Phi) is 4.88. The lowest BCUT2D eigenvalue weighted by Gasteiger charge is -2.25. The number of hydrogen-bond donors (Lipinski definition) is 0. The van der Waals surface area contributed by atoms with Crippen LogP contribution in [0.3, 0.4) is 0 Å². The van der Waals surface area contributed by atoms with Crippen LogP contribution in [-0.2, 0) is 16.6 Å². The van der Waals surface area contributed by atoms with Gasteiger partial charge in [-0.3, -0.25) is 4.31 Å². The van der Waals surface area contributed by atoms with Gasteiger partial charge in [-0.15, -0.1) is 0 Å². The molecule has 0 saturated carbocycles. The van der Waals surface area contributed by atoms with Gasteiger partial charge >= 0.3 is 0 Å². The Morgan fingerprint density at radius 3 is 1.92 bits per heavy atom. The zero-order valence-electron chi connectivity index (χ0n) is 12.8. The van der Waals surface area contributed by atoms with Gasteiger partial charge in [0.05, 0.1) is 17.1 Å². The summed E-state index contributed by atoms with van der Waals surface area (Å²) in [5.41, 5.74) is 1.35. The molecule has 0 aliphatic carbocycles. The Balaban J connectivity index is 2.08. The van der Waals surface area contributed by atoms with Crippen LogP contribution in [0.1, 0.15) is 5.56 Å². The number of hydrogen-bond acceptors (Lipinski definition) is 2. The zero-order valence-corrected chi connectivity index (χ0v) is 14.4. The maximum Gasteiger partial charge on any atom is 0.264 e. The first-order valence-corrected chi connectivity index (χ1v) is 9.27. The van der Waals surface area contributed by atoms with Crippen LogP contribution in [0.5, 0.6) is 0 Å². The van der Waals surface area contributed by atoms with Crippen molar-refractivity contribution in [2.75, 3.05) is 4.31 Å². The molecule has 0 N–H and O–H groups in total. The molecule has 0 aliphatic rings. The molecule has 5 heteroatoms. The van der Waals surface area contributed by atoms with Crippen LogP contribution in [0.4, 0.5) is 5.69 Å². The van der Waals surface area contributed by atoms with Gasteiger partial charge in [0.2, 0.25) is 0 Å². The monoisotopic (exact) mass is 357 g/mol. The highest BCUT2D eigenvalue weighted by atomic mass is 35.5. The first-order chi connectivity index (χ1) is 11.6. The summed E-state index contributed by atoms with van der Waals surface area (Å²) in [6, 6.07) is 24.7. The van der Waals surface area contributed by atoms with Gasteiger partial charge in [0.15, 0.2) is 0 Å². The van der Waals surface area contributed by atoms with Crippen LogP contribution < -0.4 is 4.31 Å². The third-order valence-electron chi connectivity index (χ3n) is 3.65. The molecule has 0 aliphatic heterocycles. The molecule has 3 nitrogen and oxygen atoms in total. The first-order valence-electron chi connectivity index (χ1n) is 7.45. The van der Waals surface area contributed by atoms with Crippen LogP contribution in [0.15, 0.2) is 89.8 Å². The fourth-order valence-corrected chi connectivity index (χ4v) is 4.07. The lowest BCUT2D eigenvalue weighted by atomic mass is 10.2. The standard InChI is InChI=1S/C19H16ClNO2S/c20-19-14-8-7-9-16(19)15-21(17-10-3-1-4-11-17)24(22,23)18-12-5-2-6-13-18/h1-14H,15H2. The Morgan fingerprint density at radius 2 is 1.29 bits per heavy atom. The molecule has 24 heavy (non-hydrogen) atoms. The van der Waals surface area contributed by atoms with E-state index in [2.05, 4.69) is 0 Å². The molecule has 3 rings (SSSR count). The van der Waals surface area contributed by atoms with E-state index in [9.17, 15) is 8.42 Å². The molecule has 122 valence electrons. The van der Waals surface area contributed by atoms with Crippen LogP contribution >= 0.6 is 11.6 Å². The van der Waals surface area contributed by atoms with E-state index in [4.69, 9.17) is 11.6 Å². The summed E-state index contributed by atoms with van der Waals surface area (Å²) in [6.45, 7) is 0.168. The van der Waals surface area contributed by atoms with Crippen molar-refractivity contribution in [1.29, 1.82) is 0 Å². The maximum absolute atomic E-state index is 13.1. The van der Waals surface area contributed by atoms with E-state index in [-0.39, 0.29) is 11.4 Å². The van der Waals surface area contributed by atoms with E-state index in [0.717, 1.165) is 5.56 Å². The second-order valence-electron chi connectivity index (χ2n) is 5.25. The highest BCUT2D eigenvalue weighted by Crippen LogP contribution is 2.27. The number of sulfonamides is 1. The Morgan fingerprint density at radius 1 is 0.750 bits per heavy atom. The van der Waals surface area contributed by atoms with E-state index < -0.39 is 10.0 Å². The summed E-state index contributed by atoms with van der Waals surface area (Å²) in [7, 11) is -3.69. The van der Waals surface area contributed by atoms with E-state index in [1.54, 1.807) is 48.5 Å². The molecule has 3 aromatic rings. The summed E-state index contributed by atoms with van der Waals surface area (Å²) < 4.78 is 27.6. The first kappa shape index (κ1) is 16.6. The molecule has 0 amide bonds. The van der Waals surface area contributed by atoms with Gasteiger partial charge in [-0.05, 0) is 35.9 Å². The second kappa shape index (κ2) is 7.07. The molecule has 0 spiro atoms. The zero-order chi connectivity index (χ0) is 17.0. The summed E-state index contributed by atoms with van der Waals surface area (Å²) >= 11 is 6.23. The van der Waals surface area contributed by atoms with Crippen molar-refractivity contribution in [2.45, 2.75) is 11.4 Å². The fourth-order valence-electron chi connectivity index (χ4n) is 2.41. The van der Waals surface area contributed by atoms with Crippen LogP contribution in [-0.4, -0.2) is 8.42 Å². The number of anilines is 1. The van der Waals surface area contributed by atoms with Crippen molar-refractivity contribution in [2.24, 2.45) is 0 Å². The quantitative estimate of drug-likeness (QED) is 0.661. The summed E-state index contributed by atoms with van der Waals surface area (Å²) in [5, 5.41) is 0.543. The molecular formula is C19H16ClNO2S. The van der Waals surface area contributed by atoms with Crippen LogP contribution in [0.2, 0.25) is 5.02 Å². The van der Waals surface area contributed by atoms with Crippen molar-refractivity contribution in [3.63, 3.8) is 0 Å². The number of halogens is 1. The highest BCUT2D eigenvalue weighted by Gasteiger charge is 2.25. The molecular weight excluding hydrogens is 342 g/mol. The fraction of sp³-hybridized carbons (Fsp3) is 0.0526.